The molecule has 2 fully saturated rings. The number of para-hydroxylation sites is 1. The molecule has 0 aromatic heterocycles. The molecule has 3 heteroatoms. The van der Waals surface area contributed by atoms with E-state index in [-0.39, 0.29) is 0 Å². The van der Waals surface area contributed by atoms with E-state index in [1.54, 1.807) is 0 Å². The molecular weight excluding hydrogens is 248 g/mol. The number of hydrogen-bond acceptors (Lipinski definition) is 3. The first-order valence-electron chi connectivity index (χ1n) is 8.06. The van der Waals surface area contributed by atoms with Gasteiger partial charge in [-0.25, -0.2) is 0 Å². The SMILES string of the molecule is c1ccc(OCCN2CCCN3CCCCC3C2)cc1. The summed E-state index contributed by atoms with van der Waals surface area (Å²) in [5, 5.41) is 0. The van der Waals surface area contributed by atoms with Crippen LogP contribution in [-0.4, -0.2) is 55.2 Å². The smallest absolute Gasteiger partial charge is 0.119 e. The third kappa shape index (κ3) is 3.74. The van der Waals surface area contributed by atoms with Crippen molar-refractivity contribution in [3.8, 4) is 5.75 Å². The van der Waals surface area contributed by atoms with Crippen LogP contribution in [0.25, 0.3) is 0 Å². The number of fused-ring (bicyclic) bond motifs is 1. The molecule has 0 spiro atoms. The molecule has 1 aromatic carbocycles. The van der Waals surface area contributed by atoms with E-state index in [2.05, 4.69) is 9.80 Å². The second-order valence-corrected chi connectivity index (χ2v) is 6.00. The van der Waals surface area contributed by atoms with Crippen LogP contribution in [0.5, 0.6) is 5.75 Å². The van der Waals surface area contributed by atoms with Gasteiger partial charge >= 0.3 is 0 Å². The molecule has 2 aliphatic rings. The monoisotopic (exact) mass is 274 g/mol. The molecule has 0 bridgehead atoms. The zero-order valence-electron chi connectivity index (χ0n) is 12.3. The van der Waals surface area contributed by atoms with Gasteiger partial charge in [0.15, 0.2) is 0 Å². The second-order valence-electron chi connectivity index (χ2n) is 6.00. The highest BCUT2D eigenvalue weighted by atomic mass is 16.5. The summed E-state index contributed by atoms with van der Waals surface area (Å²) in [5.74, 6) is 0.988. The van der Waals surface area contributed by atoms with E-state index in [4.69, 9.17) is 4.74 Å². The summed E-state index contributed by atoms with van der Waals surface area (Å²) in [6, 6.07) is 10.9. The van der Waals surface area contributed by atoms with Crippen molar-refractivity contribution in [2.45, 2.75) is 31.7 Å². The first-order valence-corrected chi connectivity index (χ1v) is 8.06. The van der Waals surface area contributed by atoms with Gasteiger partial charge in [0.2, 0.25) is 0 Å². The fraction of sp³-hybridized carbons (Fsp3) is 0.647. The first kappa shape index (κ1) is 13.9. The quantitative estimate of drug-likeness (QED) is 0.839. The van der Waals surface area contributed by atoms with Crippen LogP contribution in [0.4, 0.5) is 0 Å². The van der Waals surface area contributed by atoms with Gasteiger partial charge in [-0.2, -0.15) is 0 Å². The molecule has 1 atom stereocenters. The third-order valence-corrected chi connectivity index (χ3v) is 4.56. The average molecular weight is 274 g/mol. The van der Waals surface area contributed by atoms with Crippen LogP contribution in [0.3, 0.4) is 0 Å². The predicted octanol–water partition coefficient (Wildman–Crippen LogP) is 2.63. The van der Waals surface area contributed by atoms with Gasteiger partial charge in [0.25, 0.3) is 0 Å². The van der Waals surface area contributed by atoms with Crippen LogP contribution >= 0.6 is 0 Å². The minimum absolute atomic E-state index is 0.794. The molecule has 1 unspecified atom stereocenters. The zero-order valence-corrected chi connectivity index (χ0v) is 12.3. The molecule has 1 aromatic rings. The molecule has 2 saturated heterocycles. The normalized spacial score (nSPS) is 24.9. The number of nitrogens with zero attached hydrogens (tertiary/aromatic N) is 2. The van der Waals surface area contributed by atoms with E-state index in [0.29, 0.717) is 0 Å². The Hall–Kier alpha value is -1.06. The Bertz CT molecular complexity index is 395. The minimum atomic E-state index is 0.794. The molecular formula is C17H26N2O. The van der Waals surface area contributed by atoms with Crippen molar-refractivity contribution < 1.29 is 4.74 Å². The third-order valence-electron chi connectivity index (χ3n) is 4.56. The Morgan fingerprint density at radius 3 is 2.75 bits per heavy atom. The van der Waals surface area contributed by atoms with Gasteiger partial charge in [0, 0.05) is 19.1 Å². The molecule has 0 saturated carbocycles. The fourth-order valence-electron chi connectivity index (χ4n) is 3.46. The summed E-state index contributed by atoms with van der Waals surface area (Å²) in [6.07, 6.45) is 5.50. The summed E-state index contributed by atoms with van der Waals surface area (Å²) in [6.45, 7) is 6.93. The highest BCUT2D eigenvalue weighted by molar-refractivity contribution is 5.20. The second kappa shape index (κ2) is 7.09. The van der Waals surface area contributed by atoms with Crippen molar-refractivity contribution in [1.29, 1.82) is 0 Å². The molecule has 20 heavy (non-hydrogen) atoms. The van der Waals surface area contributed by atoms with Gasteiger partial charge in [-0.3, -0.25) is 9.80 Å². The van der Waals surface area contributed by atoms with Crippen LogP contribution < -0.4 is 4.74 Å². The van der Waals surface area contributed by atoms with Gasteiger partial charge < -0.3 is 4.74 Å². The first-order chi connectivity index (χ1) is 9.92. The molecule has 3 rings (SSSR count). The maximum absolute atomic E-state index is 5.83. The lowest BCUT2D eigenvalue weighted by molar-refractivity contribution is 0.130. The molecule has 2 heterocycles. The van der Waals surface area contributed by atoms with Gasteiger partial charge in [-0.15, -0.1) is 0 Å². The van der Waals surface area contributed by atoms with E-state index in [1.807, 2.05) is 30.3 Å². The minimum Gasteiger partial charge on any atom is -0.492 e. The number of benzene rings is 1. The van der Waals surface area contributed by atoms with E-state index in [1.165, 1.54) is 51.9 Å². The molecule has 0 aliphatic carbocycles. The maximum Gasteiger partial charge on any atom is 0.119 e. The standard InChI is InChI=1S/C17H26N2O/c1-2-8-17(9-3-1)20-14-13-18-10-6-12-19-11-5-4-7-16(19)15-18/h1-3,8-9,16H,4-7,10-15H2. The van der Waals surface area contributed by atoms with Crippen LogP contribution in [0, 0.1) is 0 Å². The van der Waals surface area contributed by atoms with Gasteiger partial charge in [0.1, 0.15) is 12.4 Å². The average Bonchev–Trinajstić information content (AvgIpc) is 2.70. The molecule has 0 radical (unpaired) electrons. The number of rotatable bonds is 4. The van der Waals surface area contributed by atoms with E-state index >= 15 is 0 Å². The zero-order chi connectivity index (χ0) is 13.6. The summed E-state index contributed by atoms with van der Waals surface area (Å²) < 4.78 is 5.83. The van der Waals surface area contributed by atoms with Crippen molar-refractivity contribution in [3.63, 3.8) is 0 Å². The van der Waals surface area contributed by atoms with Crippen LogP contribution in [0.1, 0.15) is 25.7 Å². The topological polar surface area (TPSA) is 15.7 Å². The predicted molar refractivity (Wildman–Crippen MR) is 82.2 cm³/mol. The summed E-state index contributed by atoms with van der Waals surface area (Å²) in [4.78, 5) is 5.31. The Morgan fingerprint density at radius 2 is 1.85 bits per heavy atom. The summed E-state index contributed by atoms with van der Waals surface area (Å²) in [7, 11) is 0. The van der Waals surface area contributed by atoms with E-state index in [9.17, 15) is 0 Å². The van der Waals surface area contributed by atoms with Crippen molar-refractivity contribution in [2.75, 3.05) is 39.3 Å². The van der Waals surface area contributed by atoms with E-state index < -0.39 is 0 Å². The van der Waals surface area contributed by atoms with Crippen LogP contribution in [0.15, 0.2) is 30.3 Å². The van der Waals surface area contributed by atoms with Crippen molar-refractivity contribution >= 4 is 0 Å². The number of piperidine rings is 1. The largest absolute Gasteiger partial charge is 0.492 e. The lowest BCUT2D eigenvalue weighted by Crippen LogP contribution is -2.44. The number of ether oxygens (including phenoxy) is 1. The molecule has 0 N–H and O–H groups in total. The van der Waals surface area contributed by atoms with Crippen LogP contribution in [-0.2, 0) is 0 Å². The fourth-order valence-corrected chi connectivity index (χ4v) is 3.46. The maximum atomic E-state index is 5.83. The lowest BCUT2D eigenvalue weighted by atomic mass is 10.0. The molecule has 3 nitrogen and oxygen atoms in total. The van der Waals surface area contributed by atoms with Crippen molar-refractivity contribution in [2.24, 2.45) is 0 Å². The van der Waals surface area contributed by atoms with Crippen molar-refractivity contribution in [3.05, 3.63) is 30.3 Å². The van der Waals surface area contributed by atoms with Gasteiger partial charge in [0.05, 0.1) is 0 Å². The Labute approximate surface area is 122 Å². The highest BCUT2D eigenvalue weighted by Crippen LogP contribution is 2.20. The highest BCUT2D eigenvalue weighted by Gasteiger charge is 2.26. The van der Waals surface area contributed by atoms with Gasteiger partial charge in [-0.1, -0.05) is 24.6 Å². The molecule has 2 aliphatic heterocycles. The Kier molecular flexibility index (Phi) is 4.93. The van der Waals surface area contributed by atoms with Crippen LogP contribution in [0.2, 0.25) is 0 Å². The Morgan fingerprint density at radius 1 is 1.00 bits per heavy atom. The van der Waals surface area contributed by atoms with Gasteiger partial charge in [-0.05, 0) is 51.0 Å². The molecule has 0 amide bonds. The molecule has 110 valence electrons. The Balaban J connectivity index is 1.45. The lowest BCUT2D eigenvalue weighted by Gasteiger charge is -2.35. The summed E-state index contributed by atoms with van der Waals surface area (Å²) in [5.41, 5.74) is 0. The summed E-state index contributed by atoms with van der Waals surface area (Å²) >= 11 is 0. The number of hydrogen-bond donors (Lipinski definition) is 0. The van der Waals surface area contributed by atoms with E-state index in [0.717, 1.165) is 24.9 Å². The van der Waals surface area contributed by atoms with Crippen molar-refractivity contribution in [1.82, 2.24) is 9.80 Å².